The number of rotatable bonds is 16. The van der Waals surface area contributed by atoms with Crippen molar-refractivity contribution in [2.75, 3.05) is 14.2 Å². The van der Waals surface area contributed by atoms with E-state index in [4.69, 9.17) is 9.47 Å². The van der Waals surface area contributed by atoms with E-state index in [9.17, 15) is 17.3 Å². The molecule has 0 N–H and O–H groups in total. The molecule has 0 radical (unpaired) electrons. The van der Waals surface area contributed by atoms with Crippen LogP contribution in [0.1, 0.15) is 90.4 Å². The number of hydrogen-bond acceptors (Lipinski definition) is 2. The molecule has 0 fully saturated rings. The third-order valence-electron chi connectivity index (χ3n) is 14.3. The van der Waals surface area contributed by atoms with Crippen LogP contribution >= 0.6 is 0 Å². The van der Waals surface area contributed by atoms with Gasteiger partial charge in [-0.05, 0) is 56.6 Å². The fourth-order valence-corrected chi connectivity index (χ4v) is 11.1. The summed E-state index contributed by atoms with van der Waals surface area (Å²) >= 11 is 0. The van der Waals surface area contributed by atoms with Crippen molar-refractivity contribution in [1.82, 2.24) is 4.57 Å². The summed E-state index contributed by atoms with van der Waals surface area (Å²) in [6.45, 7) is 0. The highest BCUT2D eigenvalue weighted by Gasteiger charge is 2.36. The van der Waals surface area contributed by atoms with Crippen LogP contribution in [0.3, 0.4) is 0 Å². The zero-order valence-corrected chi connectivity index (χ0v) is 43.2. The van der Waals surface area contributed by atoms with Crippen LogP contribution in [0.5, 0.6) is 11.5 Å². The molecule has 0 bridgehead atoms. The first-order valence-corrected chi connectivity index (χ1v) is 26.0. The standard InChI is InChI=1S/C69H57N2O2.BF4/c1-72-60-45-43-58(62(50-27-11-3-12-28-50)51-29-13-4-14-30-51)68(66(60)64(54-35-19-7-20-36-54)55-37-21-8-22-38-55)70-47-48-71(49-70)69-59(63(52-31-15-5-16-32-52)53-33-17-6-18-34-53)44-46-61(73-2)67(69)65(56-39-23-9-24-40-56)57-41-25-10-26-42-57;2-1(3,4)5/h3-49,62-65H,1-2H3;/q+1;-1. The van der Waals surface area contributed by atoms with Crippen molar-refractivity contribution in [2.45, 2.75) is 23.7 Å². The van der Waals surface area contributed by atoms with Crippen LogP contribution in [0, 0.1) is 0 Å². The molecule has 1 heterocycles. The van der Waals surface area contributed by atoms with Crippen LogP contribution < -0.4 is 14.0 Å². The average molecular weight is 1030 g/mol. The Morgan fingerprint density at radius 1 is 0.346 bits per heavy atom. The molecule has 1 aromatic heterocycles. The van der Waals surface area contributed by atoms with Crippen LogP contribution in [0.4, 0.5) is 17.3 Å². The Bertz CT molecular complexity index is 3250. The monoisotopic (exact) mass is 1030 g/mol. The number of hydrogen-bond donors (Lipinski definition) is 0. The van der Waals surface area contributed by atoms with E-state index in [1.54, 1.807) is 14.2 Å². The van der Waals surface area contributed by atoms with Gasteiger partial charge in [0.2, 0.25) is 0 Å². The van der Waals surface area contributed by atoms with Gasteiger partial charge in [0.1, 0.15) is 35.3 Å². The lowest BCUT2D eigenvalue weighted by Gasteiger charge is -2.28. The fourth-order valence-electron chi connectivity index (χ4n) is 11.1. The quantitative estimate of drug-likeness (QED) is 0.0417. The van der Waals surface area contributed by atoms with Crippen molar-refractivity contribution in [1.29, 1.82) is 0 Å². The number of ether oxygens (including phenoxy) is 2. The molecule has 11 aromatic rings. The Morgan fingerprint density at radius 3 is 0.936 bits per heavy atom. The molecule has 0 saturated heterocycles. The molecule has 0 amide bonds. The van der Waals surface area contributed by atoms with E-state index < -0.39 is 7.25 Å². The molecule has 0 unspecified atom stereocenters. The molecule has 0 aliphatic rings. The summed E-state index contributed by atoms with van der Waals surface area (Å²) < 4.78 is 56.8. The number of methoxy groups -OCH3 is 2. The Morgan fingerprint density at radius 2 is 0.615 bits per heavy atom. The third kappa shape index (κ3) is 11.6. The summed E-state index contributed by atoms with van der Waals surface area (Å²) in [6.07, 6.45) is 6.74. The average Bonchev–Trinajstić information content (AvgIpc) is 4.12. The molecular weight excluding hydrogens is 976 g/mol. The van der Waals surface area contributed by atoms with Crippen LogP contribution in [0.2, 0.25) is 0 Å². The highest BCUT2D eigenvalue weighted by molar-refractivity contribution is 6.50. The van der Waals surface area contributed by atoms with Gasteiger partial charge in [0.05, 0.1) is 25.3 Å². The van der Waals surface area contributed by atoms with E-state index in [1.807, 2.05) is 0 Å². The smallest absolute Gasteiger partial charge is 0.496 e. The first-order chi connectivity index (χ1) is 38.2. The number of imidazole rings is 1. The summed E-state index contributed by atoms with van der Waals surface area (Å²) in [5, 5.41) is 0. The molecule has 9 heteroatoms. The van der Waals surface area contributed by atoms with E-state index in [1.165, 1.54) is 44.5 Å². The zero-order chi connectivity index (χ0) is 53.8. The summed E-state index contributed by atoms with van der Waals surface area (Å²) in [5.41, 5.74) is 16.0. The van der Waals surface area contributed by atoms with Gasteiger partial charge in [0.25, 0.3) is 6.33 Å². The van der Waals surface area contributed by atoms with Crippen molar-refractivity contribution in [2.24, 2.45) is 0 Å². The number of halogens is 4. The minimum Gasteiger partial charge on any atom is -0.496 e. The van der Waals surface area contributed by atoms with Gasteiger partial charge < -0.3 is 26.7 Å². The van der Waals surface area contributed by atoms with Crippen LogP contribution in [-0.2, 0) is 0 Å². The molecule has 0 atom stereocenters. The second-order valence-corrected chi connectivity index (χ2v) is 19.0. The minimum absolute atomic E-state index is 0.130. The van der Waals surface area contributed by atoms with Gasteiger partial charge in [-0.3, -0.25) is 0 Å². The van der Waals surface area contributed by atoms with Gasteiger partial charge in [-0.25, -0.2) is 9.13 Å². The number of benzene rings is 10. The SMILES string of the molecule is COc1ccc(C(c2ccccc2)c2ccccc2)c(-n2cc[n+](-c3c(C(c4ccccc4)c4ccccc4)ccc(OC)c3C(c3ccccc3)c3ccccc3)c2)c1C(c1ccccc1)c1ccccc1.F[B-](F)(F)F. The lowest BCUT2D eigenvalue weighted by Crippen LogP contribution is -2.33. The molecule has 0 aliphatic carbocycles. The van der Waals surface area contributed by atoms with Gasteiger partial charge in [-0.15, -0.1) is 0 Å². The molecule has 10 aromatic carbocycles. The predicted octanol–water partition coefficient (Wildman–Crippen LogP) is 16.8. The molecule has 0 spiro atoms. The molecule has 386 valence electrons. The summed E-state index contributed by atoms with van der Waals surface area (Å²) in [4.78, 5) is 0. The first-order valence-electron chi connectivity index (χ1n) is 26.0. The zero-order valence-electron chi connectivity index (χ0n) is 43.2. The van der Waals surface area contributed by atoms with Gasteiger partial charge in [0.15, 0.2) is 0 Å². The lowest BCUT2D eigenvalue weighted by atomic mass is 9.78. The fraction of sp³-hybridized carbons (Fsp3) is 0.0870. The first kappa shape index (κ1) is 52.2. The van der Waals surface area contributed by atoms with Gasteiger partial charge >= 0.3 is 7.25 Å². The molecule has 0 aliphatic heterocycles. The van der Waals surface area contributed by atoms with Crippen molar-refractivity contribution in [3.63, 3.8) is 0 Å². The normalized spacial score (nSPS) is 11.4. The molecular formula is C69H57BF4N2O2. The van der Waals surface area contributed by atoms with Crippen molar-refractivity contribution >= 4 is 7.25 Å². The second-order valence-electron chi connectivity index (χ2n) is 19.0. The van der Waals surface area contributed by atoms with Crippen LogP contribution in [0.15, 0.2) is 286 Å². The minimum atomic E-state index is -6.00. The van der Waals surface area contributed by atoms with Crippen LogP contribution in [-0.4, -0.2) is 26.0 Å². The maximum absolute atomic E-state index is 9.75. The highest BCUT2D eigenvalue weighted by Crippen LogP contribution is 2.48. The Labute approximate surface area is 454 Å². The van der Waals surface area contributed by atoms with Crippen molar-refractivity contribution in [3.8, 4) is 22.9 Å². The van der Waals surface area contributed by atoms with E-state index in [2.05, 4.69) is 295 Å². The van der Waals surface area contributed by atoms with Gasteiger partial charge in [0, 0.05) is 34.8 Å². The van der Waals surface area contributed by atoms with Crippen LogP contribution in [0.25, 0.3) is 11.4 Å². The Kier molecular flexibility index (Phi) is 16.2. The van der Waals surface area contributed by atoms with Crippen molar-refractivity contribution in [3.05, 3.63) is 352 Å². The van der Waals surface area contributed by atoms with Crippen molar-refractivity contribution < 1.29 is 31.3 Å². The second kappa shape index (κ2) is 24.2. The van der Waals surface area contributed by atoms with Gasteiger partial charge in [-0.2, -0.15) is 0 Å². The Balaban J connectivity index is 0.00000132. The third-order valence-corrected chi connectivity index (χ3v) is 14.3. The summed E-state index contributed by atoms with van der Waals surface area (Å²) in [7, 11) is -2.40. The van der Waals surface area contributed by atoms with E-state index in [0.717, 1.165) is 45.1 Å². The Hall–Kier alpha value is -9.21. The van der Waals surface area contributed by atoms with E-state index >= 15 is 0 Å². The lowest BCUT2D eigenvalue weighted by molar-refractivity contribution is -0.595. The van der Waals surface area contributed by atoms with Gasteiger partial charge in [-0.1, -0.05) is 255 Å². The largest absolute Gasteiger partial charge is 0.673 e. The molecule has 11 rings (SSSR count). The topological polar surface area (TPSA) is 27.3 Å². The summed E-state index contributed by atoms with van der Waals surface area (Å²) in [5.74, 6) is 0.962. The maximum Gasteiger partial charge on any atom is 0.673 e. The van der Waals surface area contributed by atoms with E-state index in [0.29, 0.717) is 0 Å². The number of nitrogens with zero attached hydrogens (tertiary/aromatic N) is 2. The molecule has 4 nitrogen and oxygen atoms in total. The number of aromatic nitrogens is 2. The van der Waals surface area contributed by atoms with E-state index in [-0.39, 0.29) is 23.7 Å². The molecule has 78 heavy (non-hydrogen) atoms. The predicted molar refractivity (Wildman–Crippen MR) is 306 cm³/mol. The molecule has 0 saturated carbocycles. The highest BCUT2D eigenvalue weighted by atomic mass is 19.5. The maximum atomic E-state index is 9.75. The summed E-state index contributed by atoms with van der Waals surface area (Å²) in [6, 6.07) is 95.9.